The molecule has 6 heteroatoms. The molecule has 0 aliphatic heterocycles. The summed E-state index contributed by atoms with van der Waals surface area (Å²) >= 11 is 1.58. The van der Waals surface area contributed by atoms with Crippen molar-refractivity contribution in [1.29, 1.82) is 0 Å². The van der Waals surface area contributed by atoms with E-state index in [1.165, 1.54) is 16.9 Å². The molecular formula is C31H30N2O3S. The number of hydrogen-bond acceptors (Lipinski definition) is 5. The Morgan fingerprint density at radius 3 is 2.32 bits per heavy atom. The molecule has 5 nitrogen and oxygen atoms in total. The molecular weight excluding hydrogens is 480 g/mol. The van der Waals surface area contributed by atoms with E-state index in [2.05, 4.69) is 17.5 Å². The van der Waals surface area contributed by atoms with Gasteiger partial charge in [0.1, 0.15) is 13.2 Å². The number of thiophene rings is 1. The minimum atomic E-state index is -0.174. The summed E-state index contributed by atoms with van der Waals surface area (Å²) in [7, 11) is 0. The molecule has 1 heterocycles. The molecule has 1 aliphatic carbocycles. The number of amides is 1. The van der Waals surface area contributed by atoms with Crippen molar-refractivity contribution in [1.82, 2.24) is 5.43 Å². The molecule has 1 unspecified atom stereocenters. The highest BCUT2D eigenvalue weighted by molar-refractivity contribution is 7.14. The number of ether oxygens (including phenoxy) is 2. The lowest BCUT2D eigenvalue weighted by Crippen LogP contribution is -2.16. The fourth-order valence-electron chi connectivity index (χ4n) is 4.35. The number of fused-ring (bicyclic) bond motifs is 1. The van der Waals surface area contributed by atoms with Crippen LogP contribution in [0.25, 0.3) is 0 Å². The van der Waals surface area contributed by atoms with Gasteiger partial charge in [-0.25, -0.2) is 5.43 Å². The van der Waals surface area contributed by atoms with Crippen molar-refractivity contribution < 1.29 is 14.3 Å². The Morgan fingerprint density at radius 1 is 0.946 bits per heavy atom. The number of rotatable bonds is 9. The Labute approximate surface area is 221 Å². The average molecular weight is 511 g/mol. The maximum Gasteiger partial charge on any atom is 0.281 e. The molecule has 188 valence electrons. The van der Waals surface area contributed by atoms with Gasteiger partial charge < -0.3 is 9.47 Å². The van der Waals surface area contributed by atoms with Gasteiger partial charge in [-0.3, -0.25) is 4.79 Å². The lowest BCUT2D eigenvalue weighted by molar-refractivity contribution is 0.0959. The van der Waals surface area contributed by atoms with Crippen LogP contribution in [0.4, 0.5) is 0 Å². The summed E-state index contributed by atoms with van der Waals surface area (Å²) in [5, 5.41) is 4.21. The van der Waals surface area contributed by atoms with Gasteiger partial charge in [0, 0.05) is 4.88 Å². The van der Waals surface area contributed by atoms with Crippen molar-refractivity contribution >= 4 is 23.5 Å². The quantitative estimate of drug-likeness (QED) is 0.199. The predicted molar refractivity (Wildman–Crippen MR) is 149 cm³/mol. The molecule has 1 aliphatic rings. The third kappa shape index (κ3) is 6.66. The predicted octanol–water partition coefficient (Wildman–Crippen LogP) is 6.79. The first kappa shape index (κ1) is 24.8. The lowest BCUT2D eigenvalue weighted by atomic mass is 9.90. The van der Waals surface area contributed by atoms with Gasteiger partial charge in [-0.15, -0.1) is 11.3 Å². The summed E-state index contributed by atoms with van der Waals surface area (Å²) in [5.74, 6) is 1.77. The number of hydrazone groups is 1. The van der Waals surface area contributed by atoms with Crippen LogP contribution in [0.15, 0.2) is 90.0 Å². The summed E-state index contributed by atoms with van der Waals surface area (Å²) in [6, 6.07) is 27.7. The second-order valence-electron chi connectivity index (χ2n) is 9.36. The molecule has 0 bridgehead atoms. The van der Waals surface area contributed by atoms with E-state index in [-0.39, 0.29) is 5.91 Å². The van der Waals surface area contributed by atoms with E-state index in [9.17, 15) is 4.79 Å². The van der Waals surface area contributed by atoms with Crippen molar-refractivity contribution in [3.63, 3.8) is 0 Å². The number of aryl methyl sites for hydroxylation is 1. The SMILES string of the molecule is CC1CCc2sc(C(=O)NN=Cc3ccc(OCc4ccccc4)c(OCc4ccccc4)c3)cc2C1. The third-order valence-corrected chi connectivity index (χ3v) is 7.61. The normalized spacial score (nSPS) is 14.8. The van der Waals surface area contributed by atoms with E-state index in [0.717, 1.165) is 29.5 Å². The maximum atomic E-state index is 12.7. The van der Waals surface area contributed by atoms with Gasteiger partial charge >= 0.3 is 0 Å². The van der Waals surface area contributed by atoms with E-state index in [1.807, 2.05) is 84.9 Å². The van der Waals surface area contributed by atoms with Crippen LogP contribution in [0.5, 0.6) is 11.5 Å². The van der Waals surface area contributed by atoms with Crippen LogP contribution < -0.4 is 14.9 Å². The van der Waals surface area contributed by atoms with Crippen molar-refractivity contribution in [2.75, 3.05) is 0 Å². The standard InChI is InChI=1S/C31H30N2O3S/c1-22-12-15-29-26(16-22)18-30(37-29)31(34)33-32-19-25-13-14-27(35-20-23-8-4-2-5-9-23)28(17-25)36-21-24-10-6-3-7-11-24/h2-11,13-14,17-19,22H,12,15-16,20-21H2,1H3,(H,33,34). The van der Waals surface area contributed by atoms with Gasteiger partial charge in [-0.1, -0.05) is 67.6 Å². The Kier molecular flexibility index (Phi) is 7.96. The van der Waals surface area contributed by atoms with E-state index < -0.39 is 0 Å². The van der Waals surface area contributed by atoms with E-state index >= 15 is 0 Å². The van der Waals surface area contributed by atoms with Crippen molar-refractivity contribution in [2.45, 2.75) is 39.4 Å². The molecule has 5 rings (SSSR count). The molecule has 37 heavy (non-hydrogen) atoms. The summed E-state index contributed by atoms with van der Waals surface area (Å²) in [6.07, 6.45) is 4.92. The van der Waals surface area contributed by atoms with Crippen molar-refractivity contribution in [3.8, 4) is 11.5 Å². The smallest absolute Gasteiger partial charge is 0.281 e. The van der Waals surface area contributed by atoms with Crippen LogP contribution in [0.1, 0.15) is 50.1 Å². The van der Waals surface area contributed by atoms with Gasteiger partial charge in [0.15, 0.2) is 11.5 Å². The summed E-state index contributed by atoms with van der Waals surface area (Å²) in [5.41, 5.74) is 6.93. The Morgan fingerprint density at radius 2 is 1.62 bits per heavy atom. The first-order valence-corrected chi connectivity index (χ1v) is 13.4. The van der Waals surface area contributed by atoms with Gasteiger partial charge in [0.05, 0.1) is 11.1 Å². The minimum absolute atomic E-state index is 0.174. The van der Waals surface area contributed by atoms with E-state index in [1.54, 1.807) is 17.6 Å². The van der Waals surface area contributed by atoms with Crippen LogP contribution in [-0.2, 0) is 26.1 Å². The zero-order valence-electron chi connectivity index (χ0n) is 20.9. The topological polar surface area (TPSA) is 59.9 Å². The highest BCUT2D eigenvalue weighted by Gasteiger charge is 2.20. The number of benzene rings is 3. The molecule has 1 N–H and O–H groups in total. The van der Waals surface area contributed by atoms with Crippen LogP contribution >= 0.6 is 11.3 Å². The Hall–Kier alpha value is -3.90. The molecule has 1 aromatic heterocycles. The highest BCUT2D eigenvalue weighted by Crippen LogP contribution is 2.32. The van der Waals surface area contributed by atoms with Gasteiger partial charge in [0.2, 0.25) is 0 Å². The molecule has 1 atom stereocenters. The Balaban J connectivity index is 1.27. The number of nitrogens with zero attached hydrogens (tertiary/aromatic N) is 1. The average Bonchev–Trinajstić information content (AvgIpc) is 3.36. The van der Waals surface area contributed by atoms with Gasteiger partial charge in [-0.2, -0.15) is 5.10 Å². The number of hydrogen-bond donors (Lipinski definition) is 1. The number of carbonyl (C=O) groups excluding carboxylic acids is 1. The Bertz CT molecular complexity index is 1370. The second kappa shape index (κ2) is 11.9. The van der Waals surface area contributed by atoms with Crippen LogP contribution in [0.2, 0.25) is 0 Å². The van der Waals surface area contributed by atoms with Gasteiger partial charge in [-0.05, 0) is 71.7 Å². The largest absolute Gasteiger partial charge is 0.485 e. The monoisotopic (exact) mass is 510 g/mol. The first-order valence-electron chi connectivity index (χ1n) is 12.6. The zero-order chi connectivity index (χ0) is 25.5. The molecule has 0 fully saturated rings. The van der Waals surface area contributed by atoms with Crippen molar-refractivity contribution in [3.05, 3.63) is 117 Å². The second-order valence-corrected chi connectivity index (χ2v) is 10.5. The van der Waals surface area contributed by atoms with E-state index in [4.69, 9.17) is 9.47 Å². The molecule has 3 aromatic carbocycles. The zero-order valence-corrected chi connectivity index (χ0v) is 21.7. The molecule has 0 saturated carbocycles. The fraction of sp³-hybridized carbons (Fsp3) is 0.226. The number of nitrogens with one attached hydrogen (secondary N) is 1. The van der Waals surface area contributed by atoms with E-state index in [0.29, 0.717) is 35.5 Å². The summed E-state index contributed by atoms with van der Waals surface area (Å²) in [6.45, 7) is 3.12. The molecule has 0 saturated heterocycles. The summed E-state index contributed by atoms with van der Waals surface area (Å²) < 4.78 is 12.2. The van der Waals surface area contributed by atoms with Gasteiger partial charge in [0.25, 0.3) is 5.91 Å². The van der Waals surface area contributed by atoms with Crippen LogP contribution in [-0.4, -0.2) is 12.1 Å². The van der Waals surface area contributed by atoms with Crippen LogP contribution in [0.3, 0.4) is 0 Å². The fourth-order valence-corrected chi connectivity index (χ4v) is 5.44. The third-order valence-electron chi connectivity index (χ3n) is 6.37. The molecule has 0 spiro atoms. The molecule has 1 amide bonds. The highest BCUT2D eigenvalue weighted by atomic mass is 32.1. The number of carbonyl (C=O) groups is 1. The van der Waals surface area contributed by atoms with Crippen LogP contribution in [0, 0.1) is 5.92 Å². The molecule has 4 aromatic rings. The first-order chi connectivity index (χ1) is 18.1. The lowest BCUT2D eigenvalue weighted by Gasteiger charge is -2.16. The maximum absolute atomic E-state index is 12.7. The van der Waals surface area contributed by atoms with Crippen molar-refractivity contribution in [2.24, 2.45) is 11.0 Å². The minimum Gasteiger partial charge on any atom is -0.485 e. The molecule has 0 radical (unpaired) electrons. The summed E-state index contributed by atoms with van der Waals surface area (Å²) in [4.78, 5) is 14.7.